The fraction of sp³-hybridized carbons (Fsp3) is 0.304. The van der Waals surface area contributed by atoms with Crippen LogP contribution < -0.4 is 9.47 Å². The molecule has 1 aliphatic rings. The van der Waals surface area contributed by atoms with E-state index in [9.17, 15) is 10.2 Å². The predicted molar refractivity (Wildman–Crippen MR) is 113 cm³/mol. The lowest BCUT2D eigenvalue weighted by molar-refractivity contribution is 0.288. The Bertz CT molecular complexity index is 1020. The Balaban J connectivity index is 2.22. The summed E-state index contributed by atoms with van der Waals surface area (Å²) in [5, 5.41) is 28.9. The molecule has 0 fully saturated rings. The van der Waals surface area contributed by atoms with Gasteiger partial charge in [-0.1, -0.05) is 12.8 Å². The molecule has 1 aliphatic heterocycles. The Kier molecular flexibility index (Phi) is 6.08. The van der Waals surface area contributed by atoms with Gasteiger partial charge in [-0.05, 0) is 56.2 Å². The molecule has 1 heterocycles. The number of aromatic hydroxyl groups is 2. The molecule has 0 saturated carbocycles. The van der Waals surface area contributed by atoms with Gasteiger partial charge in [0.2, 0.25) is 0 Å². The largest absolute Gasteiger partial charge is 0.504 e. The molecule has 0 aromatic heterocycles. The molecule has 3 rings (SSSR count). The van der Waals surface area contributed by atoms with Gasteiger partial charge < -0.3 is 19.7 Å². The van der Waals surface area contributed by atoms with Crippen LogP contribution in [-0.2, 0) is 0 Å². The van der Waals surface area contributed by atoms with E-state index in [-0.39, 0.29) is 17.4 Å². The van der Waals surface area contributed by atoms with Crippen molar-refractivity contribution in [2.45, 2.75) is 33.1 Å². The molecule has 2 N–H and O–H groups in total. The normalized spacial score (nSPS) is 15.4. The fourth-order valence-corrected chi connectivity index (χ4v) is 3.42. The van der Waals surface area contributed by atoms with Crippen LogP contribution in [0.5, 0.6) is 23.0 Å². The van der Waals surface area contributed by atoms with E-state index in [2.05, 4.69) is 16.1 Å². The SMILES string of the molecule is C#CC1=NN=C(c2ccc(OCC)c(OCC)c2)c2cc(O)c(O)cc2C1CC. The van der Waals surface area contributed by atoms with Crippen molar-refractivity contribution >= 4 is 11.4 Å². The summed E-state index contributed by atoms with van der Waals surface area (Å²) in [5.74, 6) is 3.19. The second-order valence-corrected chi connectivity index (χ2v) is 6.49. The number of phenolic OH excluding ortho intramolecular Hbond substituents is 2. The molecule has 2 aromatic rings. The molecular formula is C23H24N2O4. The summed E-state index contributed by atoms with van der Waals surface area (Å²) in [5.41, 5.74) is 3.17. The highest BCUT2D eigenvalue weighted by molar-refractivity contribution is 6.17. The highest BCUT2D eigenvalue weighted by Crippen LogP contribution is 2.38. The number of rotatable bonds is 6. The van der Waals surface area contributed by atoms with Crippen molar-refractivity contribution in [1.29, 1.82) is 0 Å². The van der Waals surface area contributed by atoms with Crippen LogP contribution in [0.25, 0.3) is 0 Å². The number of terminal acetylenes is 1. The summed E-state index contributed by atoms with van der Waals surface area (Å²) in [7, 11) is 0. The van der Waals surface area contributed by atoms with Gasteiger partial charge in [0.25, 0.3) is 0 Å². The summed E-state index contributed by atoms with van der Waals surface area (Å²) in [6.45, 7) is 6.80. The third-order valence-electron chi connectivity index (χ3n) is 4.74. The molecule has 29 heavy (non-hydrogen) atoms. The zero-order chi connectivity index (χ0) is 21.0. The number of benzene rings is 2. The number of phenols is 2. The van der Waals surface area contributed by atoms with Crippen LogP contribution in [-0.4, -0.2) is 34.9 Å². The minimum absolute atomic E-state index is 0.207. The van der Waals surface area contributed by atoms with Crippen molar-refractivity contribution in [2.24, 2.45) is 10.2 Å². The molecular weight excluding hydrogens is 368 g/mol. The van der Waals surface area contributed by atoms with E-state index in [0.717, 1.165) is 11.1 Å². The monoisotopic (exact) mass is 392 g/mol. The minimum Gasteiger partial charge on any atom is -0.504 e. The topological polar surface area (TPSA) is 83.6 Å². The average Bonchev–Trinajstić information content (AvgIpc) is 2.86. The van der Waals surface area contributed by atoms with E-state index >= 15 is 0 Å². The third kappa shape index (κ3) is 3.90. The molecule has 0 spiro atoms. The van der Waals surface area contributed by atoms with Crippen LogP contribution in [0.15, 0.2) is 40.5 Å². The number of ether oxygens (including phenoxy) is 2. The maximum Gasteiger partial charge on any atom is 0.161 e. The van der Waals surface area contributed by atoms with Crippen molar-refractivity contribution in [3.63, 3.8) is 0 Å². The first-order valence-electron chi connectivity index (χ1n) is 9.62. The predicted octanol–water partition coefficient (Wildman–Crippen LogP) is 4.23. The van der Waals surface area contributed by atoms with Crippen LogP contribution in [0.1, 0.15) is 49.8 Å². The second kappa shape index (κ2) is 8.70. The highest BCUT2D eigenvalue weighted by Gasteiger charge is 2.27. The minimum atomic E-state index is -0.230. The molecule has 6 nitrogen and oxygen atoms in total. The molecule has 1 unspecified atom stereocenters. The molecule has 6 heteroatoms. The van der Waals surface area contributed by atoms with Gasteiger partial charge in [-0.15, -0.1) is 16.6 Å². The summed E-state index contributed by atoms with van der Waals surface area (Å²) in [6.07, 6.45) is 6.34. The van der Waals surface area contributed by atoms with Crippen LogP contribution in [0.4, 0.5) is 0 Å². The Morgan fingerprint density at radius 1 is 0.966 bits per heavy atom. The molecule has 2 aromatic carbocycles. The average molecular weight is 392 g/mol. The number of nitrogens with zero attached hydrogens (tertiary/aromatic N) is 2. The first-order chi connectivity index (χ1) is 14.0. The van der Waals surface area contributed by atoms with Gasteiger partial charge in [-0.25, -0.2) is 0 Å². The summed E-state index contributed by atoms with van der Waals surface area (Å²) in [4.78, 5) is 0. The van der Waals surface area contributed by atoms with Gasteiger partial charge in [0, 0.05) is 17.0 Å². The standard InChI is InChI=1S/C23H24N2O4/c1-5-15-16-12-19(26)20(27)13-17(16)23(25-24-18(15)6-2)14-9-10-21(28-7-3)22(11-14)29-8-4/h2,9-13,15,26-27H,5,7-8H2,1,3-4H3. The van der Waals surface area contributed by atoms with Crippen LogP contribution >= 0.6 is 0 Å². The highest BCUT2D eigenvalue weighted by atomic mass is 16.5. The first-order valence-corrected chi connectivity index (χ1v) is 9.62. The van der Waals surface area contributed by atoms with E-state index in [1.807, 2.05) is 39.0 Å². The van der Waals surface area contributed by atoms with Crippen molar-refractivity contribution in [1.82, 2.24) is 0 Å². The van der Waals surface area contributed by atoms with E-state index in [4.69, 9.17) is 15.9 Å². The molecule has 0 saturated heterocycles. The molecule has 0 aliphatic carbocycles. The summed E-state index contributed by atoms with van der Waals surface area (Å²) in [6, 6.07) is 8.54. The van der Waals surface area contributed by atoms with Gasteiger partial charge in [-0.2, -0.15) is 0 Å². The number of fused-ring (bicyclic) bond motifs is 1. The zero-order valence-corrected chi connectivity index (χ0v) is 16.8. The Hall–Kier alpha value is -3.46. The van der Waals surface area contributed by atoms with Gasteiger partial charge in [0.1, 0.15) is 11.4 Å². The maximum absolute atomic E-state index is 10.1. The lowest BCUT2D eigenvalue weighted by atomic mass is 9.85. The molecule has 1 atom stereocenters. The Morgan fingerprint density at radius 3 is 2.31 bits per heavy atom. The van der Waals surface area contributed by atoms with Crippen LogP contribution in [0.2, 0.25) is 0 Å². The summed E-state index contributed by atoms with van der Waals surface area (Å²) >= 11 is 0. The van der Waals surface area contributed by atoms with Gasteiger partial charge >= 0.3 is 0 Å². The van der Waals surface area contributed by atoms with E-state index in [1.54, 1.807) is 0 Å². The lowest BCUT2D eigenvalue weighted by Gasteiger charge is -2.18. The molecule has 0 bridgehead atoms. The number of hydrogen-bond acceptors (Lipinski definition) is 6. The quantitative estimate of drug-likeness (QED) is 0.569. The Morgan fingerprint density at radius 2 is 1.66 bits per heavy atom. The van der Waals surface area contributed by atoms with E-state index < -0.39 is 0 Å². The van der Waals surface area contributed by atoms with Crippen molar-refractivity contribution < 1.29 is 19.7 Å². The second-order valence-electron chi connectivity index (χ2n) is 6.49. The zero-order valence-electron chi connectivity index (χ0n) is 16.8. The van der Waals surface area contributed by atoms with Crippen molar-refractivity contribution in [3.8, 4) is 35.3 Å². The van der Waals surface area contributed by atoms with Crippen LogP contribution in [0, 0.1) is 12.3 Å². The third-order valence-corrected chi connectivity index (χ3v) is 4.74. The molecule has 0 amide bonds. The number of hydrogen-bond donors (Lipinski definition) is 2. The van der Waals surface area contributed by atoms with Gasteiger partial charge in [0.15, 0.2) is 23.0 Å². The Labute approximate surface area is 170 Å². The van der Waals surface area contributed by atoms with Crippen LogP contribution in [0.3, 0.4) is 0 Å². The smallest absolute Gasteiger partial charge is 0.161 e. The van der Waals surface area contributed by atoms with Gasteiger partial charge in [0.05, 0.1) is 13.2 Å². The molecule has 150 valence electrons. The first kappa shape index (κ1) is 20.3. The van der Waals surface area contributed by atoms with E-state index in [0.29, 0.717) is 48.1 Å². The molecule has 0 radical (unpaired) electrons. The van der Waals surface area contributed by atoms with Crippen molar-refractivity contribution in [3.05, 3.63) is 47.0 Å². The lowest BCUT2D eigenvalue weighted by Crippen LogP contribution is -2.13. The van der Waals surface area contributed by atoms with Crippen molar-refractivity contribution in [2.75, 3.05) is 13.2 Å². The maximum atomic E-state index is 10.1. The fourth-order valence-electron chi connectivity index (χ4n) is 3.42. The summed E-state index contributed by atoms with van der Waals surface area (Å²) < 4.78 is 11.4. The van der Waals surface area contributed by atoms with E-state index in [1.165, 1.54) is 12.1 Å². The van der Waals surface area contributed by atoms with Gasteiger partial charge in [-0.3, -0.25) is 0 Å².